The molecule has 1 aromatic carbocycles. The first-order chi connectivity index (χ1) is 13.2. The Morgan fingerprint density at radius 2 is 1.85 bits per heavy atom. The lowest BCUT2D eigenvalue weighted by molar-refractivity contribution is -0.0503. The smallest absolute Gasteiger partial charge is 0.251 e. The van der Waals surface area contributed by atoms with Crippen LogP contribution in [0.4, 0.5) is 0 Å². The van der Waals surface area contributed by atoms with Crippen molar-refractivity contribution in [2.24, 2.45) is 28.2 Å². The molecule has 4 aliphatic carbocycles. The fraction of sp³-hybridized carbons (Fsp3) is 0.636. The minimum absolute atomic E-state index is 0.114. The quantitative estimate of drug-likeness (QED) is 0.759. The largest absolute Gasteiger partial charge is 0.351 e. The SMILES string of the molecule is O=C(NCC12CC3CC(CC(C3)C1)C2)c1ccccc1CSC1=NCCS1. The van der Waals surface area contributed by atoms with Gasteiger partial charge in [0.2, 0.25) is 0 Å². The van der Waals surface area contributed by atoms with Crippen LogP contribution in [-0.4, -0.2) is 29.1 Å². The second-order valence-corrected chi connectivity index (χ2v) is 11.3. The molecule has 27 heavy (non-hydrogen) atoms. The van der Waals surface area contributed by atoms with Gasteiger partial charge in [-0.2, -0.15) is 0 Å². The van der Waals surface area contributed by atoms with E-state index in [-0.39, 0.29) is 5.91 Å². The van der Waals surface area contributed by atoms with Gasteiger partial charge in [0.25, 0.3) is 5.91 Å². The van der Waals surface area contributed by atoms with Crippen molar-refractivity contribution in [2.45, 2.75) is 44.3 Å². The lowest BCUT2D eigenvalue weighted by atomic mass is 9.49. The molecule has 0 saturated heterocycles. The van der Waals surface area contributed by atoms with Gasteiger partial charge in [0, 0.05) is 23.6 Å². The van der Waals surface area contributed by atoms with Gasteiger partial charge in [0.05, 0.1) is 6.54 Å². The predicted molar refractivity (Wildman–Crippen MR) is 115 cm³/mol. The van der Waals surface area contributed by atoms with E-state index in [1.165, 1.54) is 42.9 Å². The van der Waals surface area contributed by atoms with Gasteiger partial charge in [-0.1, -0.05) is 41.7 Å². The molecule has 3 nitrogen and oxygen atoms in total. The summed E-state index contributed by atoms with van der Waals surface area (Å²) in [6.45, 7) is 1.81. The molecule has 1 N–H and O–H groups in total. The van der Waals surface area contributed by atoms with Crippen LogP contribution in [-0.2, 0) is 5.75 Å². The van der Waals surface area contributed by atoms with Crippen LogP contribution in [0.25, 0.3) is 0 Å². The minimum Gasteiger partial charge on any atom is -0.351 e. The molecule has 5 aliphatic rings. The zero-order valence-electron chi connectivity index (χ0n) is 15.8. The number of rotatable bonds is 5. The first kappa shape index (κ1) is 18.1. The Balaban J connectivity index is 1.24. The van der Waals surface area contributed by atoms with Crippen LogP contribution in [0, 0.1) is 23.2 Å². The van der Waals surface area contributed by atoms with Crippen LogP contribution in [0.5, 0.6) is 0 Å². The van der Waals surface area contributed by atoms with Crippen molar-refractivity contribution in [1.29, 1.82) is 0 Å². The van der Waals surface area contributed by atoms with E-state index in [0.29, 0.717) is 5.41 Å². The lowest BCUT2D eigenvalue weighted by Gasteiger charge is -2.56. The molecule has 0 unspecified atom stereocenters. The van der Waals surface area contributed by atoms with Crippen LogP contribution in [0.2, 0.25) is 0 Å². The van der Waals surface area contributed by atoms with Gasteiger partial charge in [0.15, 0.2) is 0 Å². The van der Waals surface area contributed by atoms with Crippen LogP contribution in [0.1, 0.15) is 54.4 Å². The number of aliphatic imine (C=N–C) groups is 1. The zero-order chi connectivity index (χ0) is 18.3. The zero-order valence-corrected chi connectivity index (χ0v) is 17.4. The third-order valence-electron chi connectivity index (χ3n) is 6.96. The first-order valence-corrected chi connectivity index (χ1v) is 12.3. The highest BCUT2D eigenvalue weighted by atomic mass is 32.2. The van der Waals surface area contributed by atoms with E-state index < -0.39 is 0 Å². The Morgan fingerprint density at radius 3 is 2.52 bits per heavy atom. The lowest BCUT2D eigenvalue weighted by Crippen LogP contribution is -2.51. The van der Waals surface area contributed by atoms with Crippen molar-refractivity contribution < 1.29 is 4.79 Å². The molecule has 144 valence electrons. The Morgan fingerprint density at radius 1 is 1.15 bits per heavy atom. The topological polar surface area (TPSA) is 41.5 Å². The fourth-order valence-electron chi connectivity index (χ4n) is 6.28. The number of carbonyl (C=O) groups is 1. The summed E-state index contributed by atoms with van der Waals surface area (Å²) in [4.78, 5) is 17.5. The summed E-state index contributed by atoms with van der Waals surface area (Å²) in [5.74, 6) is 4.83. The molecule has 6 rings (SSSR count). The van der Waals surface area contributed by atoms with Crippen LogP contribution >= 0.6 is 23.5 Å². The van der Waals surface area contributed by atoms with Crippen molar-refractivity contribution in [3.8, 4) is 0 Å². The Kier molecular flexibility index (Phi) is 5.01. The number of benzene rings is 1. The number of thioether (sulfide) groups is 2. The van der Waals surface area contributed by atoms with E-state index in [1.54, 1.807) is 11.8 Å². The highest BCUT2D eigenvalue weighted by molar-refractivity contribution is 8.38. The van der Waals surface area contributed by atoms with Gasteiger partial charge >= 0.3 is 0 Å². The second kappa shape index (κ2) is 7.47. The van der Waals surface area contributed by atoms with Gasteiger partial charge < -0.3 is 5.32 Å². The summed E-state index contributed by atoms with van der Waals surface area (Å²) >= 11 is 3.60. The van der Waals surface area contributed by atoms with Crippen molar-refractivity contribution in [3.63, 3.8) is 0 Å². The first-order valence-electron chi connectivity index (χ1n) is 10.4. The van der Waals surface area contributed by atoms with Crippen molar-refractivity contribution in [1.82, 2.24) is 5.32 Å². The predicted octanol–water partition coefficient (Wildman–Crippen LogP) is 4.97. The highest BCUT2D eigenvalue weighted by Gasteiger charge is 2.50. The molecule has 0 spiro atoms. The summed E-state index contributed by atoms with van der Waals surface area (Å²) < 4.78 is 1.17. The van der Waals surface area contributed by atoms with Crippen molar-refractivity contribution in [3.05, 3.63) is 35.4 Å². The fourth-order valence-corrected chi connectivity index (χ4v) is 8.29. The number of nitrogens with one attached hydrogen (secondary N) is 1. The number of carbonyl (C=O) groups excluding carboxylic acids is 1. The second-order valence-electron chi connectivity index (χ2n) is 9.04. The monoisotopic (exact) mass is 400 g/mol. The average molecular weight is 401 g/mol. The molecular weight excluding hydrogens is 372 g/mol. The maximum atomic E-state index is 13.0. The van der Waals surface area contributed by atoms with Crippen LogP contribution in [0.15, 0.2) is 29.3 Å². The molecule has 1 heterocycles. The molecule has 4 bridgehead atoms. The van der Waals surface area contributed by atoms with E-state index >= 15 is 0 Å². The summed E-state index contributed by atoms with van der Waals surface area (Å²) in [6, 6.07) is 8.09. The average Bonchev–Trinajstić information content (AvgIpc) is 3.17. The number of hydrogen-bond donors (Lipinski definition) is 1. The van der Waals surface area contributed by atoms with Gasteiger partial charge in [0.1, 0.15) is 4.38 Å². The molecule has 4 saturated carbocycles. The highest BCUT2D eigenvalue weighted by Crippen LogP contribution is 2.59. The third-order valence-corrected chi connectivity index (χ3v) is 9.26. The van der Waals surface area contributed by atoms with Crippen LogP contribution < -0.4 is 5.32 Å². The Labute approximate surface area is 170 Å². The maximum absolute atomic E-state index is 13.0. The van der Waals surface area contributed by atoms with Gasteiger partial charge in [-0.05, 0) is 73.3 Å². The van der Waals surface area contributed by atoms with E-state index in [4.69, 9.17) is 0 Å². The number of hydrogen-bond acceptors (Lipinski definition) is 4. The number of amides is 1. The van der Waals surface area contributed by atoms with Gasteiger partial charge in [-0.25, -0.2) is 0 Å². The van der Waals surface area contributed by atoms with E-state index in [1.807, 2.05) is 30.0 Å². The maximum Gasteiger partial charge on any atom is 0.251 e. The molecule has 1 aromatic rings. The third kappa shape index (κ3) is 3.82. The Bertz CT molecular complexity index is 725. The molecule has 4 fully saturated rings. The minimum atomic E-state index is 0.114. The van der Waals surface area contributed by atoms with E-state index in [2.05, 4.69) is 16.4 Å². The molecule has 1 amide bonds. The van der Waals surface area contributed by atoms with Gasteiger partial charge in [-0.15, -0.1) is 0 Å². The molecule has 1 aliphatic heterocycles. The van der Waals surface area contributed by atoms with E-state index in [9.17, 15) is 4.79 Å². The summed E-state index contributed by atoms with van der Waals surface area (Å²) in [7, 11) is 0. The van der Waals surface area contributed by atoms with Crippen molar-refractivity contribution in [2.75, 3.05) is 18.8 Å². The summed E-state index contributed by atoms with van der Waals surface area (Å²) in [5, 5.41) is 3.34. The standard InChI is InChI=1S/C22H28N2OS2/c25-20(19-4-2-1-3-18(19)13-27-21-23-5-6-26-21)24-14-22-10-15-7-16(11-22)9-17(8-15)12-22/h1-4,15-17H,5-14H2,(H,24,25). The van der Waals surface area contributed by atoms with E-state index in [0.717, 1.165) is 53.5 Å². The molecular formula is C22H28N2OS2. The summed E-state index contributed by atoms with van der Waals surface area (Å²) in [6.07, 6.45) is 8.38. The van der Waals surface area contributed by atoms with Gasteiger partial charge in [-0.3, -0.25) is 9.79 Å². The van der Waals surface area contributed by atoms with Crippen LogP contribution in [0.3, 0.4) is 0 Å². The number of nitrogens with zero attached hydrogens (tertiary/aromatic N) is 1. The molecule has 0 atom stereocenters. The molecule has 5 heteroatoms. The summed E-state index contributed by atoms with van der Waals surface area (Å²) in [5.41, 5.74) is 2.36. The van der Waals surface area contributed by atoms with Crippen molar-refractivity contribution >= 4 is 33.8 Å². The normalized spacial score (nSPS) is 33.9. The molecule has 0 radical (unpaired) electrons. The Hall–Kier alpha value is -0.940. The molecule has 0 aromatic heterocycles.